The average Bonchev–Trinajstić information content (AvgIpc) is 2.66. The quantitative estimate of drug-likeness (QED) is 0.668. The minimum absolute atomic E-state index is 0.109. The second-order valence-electron chi connectivity index (χ2n) is 6.82. The van der Waals surface area contributed by atoms with Crippen molar-refractivity contribution in [2.45, 2.75) is 33.4 Å². The second-order valence-corrected chi connectivity index (χ2v) is 6.82. The van der Waals surface area contributed by atoms with Gasteiger partial charge in [-0.15, -0.1) is 0 Å². The summed E-state index contributed by atoms with van der Waals surface area (Å²) >= 11 is 0. The van der Waals surface area contributed by atoms with Gasteiger partial charge in [-0.1, -0.05) is 30.3 Å². The molecule has 6 nitrogen and oxygen atoms in total. The number of benzene rings is 2. The molecule has 1 aromatic heterocycles. The van der Waals surface area contributed by atoms with Gasteiger partial charge in [-0.2, -0.15) is 4.98 Å². The molecule has 0 unspecified atom stereocenters. The van der Waals surface area contributed by atoms with Gasteiger partial charge in [-0.05, 0) is 50.1 Å². The molecule has 2 aromatic carbocycles. The summed E-state index contributed by atoms with van der Waals surface area (Å²) in [4.78, 5) is 16.4. The van der Waals surface area contributed by atoms with Crippen molar-refractivity contribution < 1.29 is 9.47 Å². The van der Waals surface area contributed by atoms with Crippen LogP contribution >= 0.6 is 0 Å². The predicted octanol–water partition coefficient (Wildman–Crippen LogP) is 4.14. The van der Waals surface area contributed by atoms with Crippen molar-refractivity contribution in [3.8, 4) is 11.5 Å². The van der Waals surface area contributed by atoms with Crippen molar-refractivity contribution in [1.29, 1.82) is 0 Å². The van der Waals surface area contributed by atoms with E-state index in [0.717, 1.165) is 22.6 Å². The van der Waals surface area contributed by atoms with Crippen molar-refractivity contribution in [2.24, 2.45) is 0 Å². The third-order valence-corrected chi connectivity index (χ3v) is 4.20. The number of nitrogens with zero attached hydrogens (tertiary/aromatic N) is 2. The van der Waals surface area contributed by atoms with Crippen LogP contribution in [0, 0.1) is 6.92 Å². The summed E-state index contributed by atoms with van der Waals surface area (Å²) in [6.07, 6.45) is 1.79. The van der Waals surface area contributed by atoms with Gasteiger partial charge in [0.25, 0.3) is 0 Å². The summed E-state index contributed by atoms with van der Waals surface area (Å²) in [6, 6.07) is 15.8. The van der Waals surface area contributed by atoms with Gasteiger partial charge in [0.15, 0.2) is 0 Å². The SMILES string of the molecule is COc1cn(Cc2ccccc2)c(Nc2ccc(OC(C)C)cc2C)nc1=O. The molecule has 0 aliphatic heterocycles. The van der Waals surface area contributed by atoms with Crippen LogP contribution in [-0.2, 0) is 6.54 Å². The monoisotopic (exact) mass is 379 g/mol. The molecule has 1 heterocycles. The molecule has 0 aliphatic rings. The molecular formula is C22H25N3O3. The van der Waals surface area contributed by atoms with Gasteiger partial charge >= 0.3 is 5.56 Å². The lowest BCUT2D eigenvalue weighted by molar-refractivity contribution is 0.242. The van der Waals surface area contributed by atoms with E-state index in [1.807, 2.05) is 73.9 Å². The summed E-state index contributed by atoms with van der Waals surface area (Å²) < 4.78 is 12.8. The first kappa shape index (κ1) is 19.5. The van der Waals surface area contributed by atoms with Crippen molar-refractivity contribution in [2.75, 3.05) is 12.4 Å². The largest absolute Gasteiger partial charge is 0.491 e. The molecule has 0 aliphatic carbocycles. The highest BCUT2D eigenvalue weighted by atomic mass is 16.5. The number of aryl methyl sites for hydroxylation is 1. The molecular weight excluding hydrogens is 354 g/mol. The highest BCUT2D eigenvalue weighted by molar-refractivity contribution is 5.60. The number of nitrogens with one attached hydrogen (secondary N) is 1. The first-order valence-corrected chi connectivity index (χ1v) is 9.20. The van der Waals surface area contributed by atoms with E-state index in [1.54, 1.807) is 6.20 Å². The van der Waals surface area contributed by atoms with Crippen LogP contribution in [0.15, 0.2) is 59.5 Å². The van der Waals surface area contributed by atoms with Crippen LogP contribution in [0.5, 0.6) is 11.5 Å². The topological polar surface area (TPSA) is 65.4 Å². The maximum atomic E-state index is 12.2. The first-order valence-electron chi connectivity index (χ1n) is 9.20. The van der Waals surface area contributed by atoms with Crippen molar-refractivity contribution in [1.82, 2.24) is 9.55 Å². The third kappa shape index (κ3) is 4.71. The van der Waals surface area contributed by atoms with Crippen LogP contribution in [0.4, 0.5) is 11.6 Å². The summed E-state index contributed by atoms with van der Waals surface area (Å²) in [5.74, 6) is 1.47. The van der Waals surface area contributed by atoms with Gasteiger partial charge in [0.1, 0.15) is 5.75 Å². The van der Waals surface area contributed by atoms with Crippen LogP contribution in [-0.4, -0.2) is 22.8 Å². The zero-order valence-corrected chi connectivity index (χ0v) is 16.6. The molecule has 0 radical (unpaired) electrons. The van der Waals surface area contributed by atoms with Crippen molar-refractivity contribution >= 4 is 11.6 Å². The van der Waals surface area contributed by atoms with Crippen LogP contribution in [0.2, 0.25) is 0 Å². The molecule has 3 rings (SSSR count). The number of ether oxygens (including phenoxy) is 2. The molecule has 1 N–H and O–H groups in total. The molecule has 0 saturated carbocycles. The molecule has 6 heteroatoms. The Morgan fingerprint density at radius 1 is 1.14 bits per heavy atom. The zero-order chi connectivity index (χ0) is 20.1. The van der Waals surface area contributed by atoms with Crippen LogP contribution < -0.4 is 20.3 Å². The summed E-state index contributed by atoms with van der Waals surface area (Å²) in [6.45, 7) is 6.52. The minimum atomic E-state index is -0.410. The number of anilines is 2. The predicted molar refractivity (Wildman–Crippen MR) is 111 cm³/mol. The first-order chi connectivity index (χ1) is 13.5. The van der Waals surface area contributed by atoms with E-state index in [4.69, 9.17) is 9.47 Å². The number of hydrogen-bond acceptors (Lipinski definition) is 5. The molecule has 28 heavy (non-hydrogen) atoms. The fraction of sp³-hybridized carbons (Fsp3) is 0.273. The van der Waals surface area contributed by atoms with Gasteiger partial charge in [0.2, 0.25) is 11.7 Å². The van der Waals surface area contributed by atoms with E-state index in [1.165, 1.54) is 7.11 Å². The smallest absolute Gasteiger partial charge is 0.316 e. The van der Waals surface area contributed by atoms with Crippen molar-refractivity contribution in [3.63, 3.8) is 0 Å². The Hall–Kier alpha value is -3.28. The molecule has 3 aromatic rings. The van der Waals surface area contributed by atoms with E-state index in [9.17, 15) is 4.79 Å². The van der Waals surface area contributed by atoms with E-state index in [-0.39, 0.29) is 11.9 Å². The number of methoxy groups -OCH3 is 1. The molecule has 0 atom stereocenters. The fourth-order valence-corrected chi connectivity index (χ4v) is 2.86. The Balaban J connectivity index is 1.94. The van der Waals surface area contributed by atoms with Crippen LogP contribution in [0.25, 0.3) is 0 Å². The molecule has 146 valence electrons. The number of rotatable bonds is 7. The maximum absolute atomic E-state index is 12.2. The Kier molecular flexibility index (Phi) is 5.99. The molecule has 0 amide bonds. The zero-order valence-electron chi connectivity index (χ0n) is 16.6. The molecule has 0 fully saturated rings. The average molecular weight is 379 g/mol. The maximum Gasteiger partial charge on any atom is 0.316 e. The normalized spacial score (nSPS) is 10.8. The van der Waals surface area contributed by atoms with E-state index in [0.29, 0.717) is 12.5 Å². The number of hydrogen-bond donors (Lipinski definition) is 1. The standard InChI is InChI=1S/C22H25N3O3/c1-15(2)28-18-10-11-19(16(3)12-18)23-22-24-21(26)20(27-4)14-25(22)13-17-8-6-5-7-9-17/h5-12,14-15H,13H2,1-4H3,(H,23,24,26). The van der Waals surface area contributed by atoms with Gasteiger partial charge < -0.3 is 19.4 Å². The number of aromatic nitrogens is 2. The lowest BCUT2D eigenvalue weighted by Gasteiger charge is -2.17. The highest BCUT2D eigenvalue weighted by Crippen LogP contribution is 2.25. The van der Waals surface area contributed by atoms with Crippen LogP contribution in [0.1, 0.15) is 25.0 Å². The summed E-state index contributed by atoms with van der Waals surface area (Å²) in [7, 11) is 1.47. The van der Waals surface area contributed by atoms with E-state index < -0.39 is 5.56 Å². The minimum Gasteiger partial charge on any atom is -0.491 e. The van der Waals surface area contributed by atoms with Crippen LogP contribution in [0.3, 0.4) is 0 Å². The summed E-state index contributed by atoms with van der Waals surface area (Å²) in [5, 5.41) is 3.27. The molecule has 0 spiro atoms. The Morgan fingerprint density at radius 3 is 2.54 bits per heavy atom. The Morgan fingerprint density at radius 2 is 1.89 bits per heavy atom. The molecule has 0 saturated heterocycles. The van der Waals surface area contributed by atoms with Gasteiger partial charge in [0, 0.05) is 5.69 Å². The Labute approximate surface area is 164 Å². The van der Waals surface area contributed by atoms with Gasteiger partial charge in [-0.3, -0.25) is 4.79 Å². The lowest BCUT2D eigenvalue weighted by atomic mass is 10.2. The lowest BCUT2D eigenvalue weighted by Crippen LogP contribution is -2.19. The second kappa shape index (κ2) is 8.61. The van der Waals surface area contributed by atoms with Crippen molar-refractivity contribution in [3.05, 3.63) is 76.2 Å². The van der Waals surface area contributed by atoms with Gasteiger partial charge in [0.05, 0.1) is 26.0 Å². The summed E-state index contributed by atoms with van der Waals surface area (Å²) in [5.41, 5.74) is 2.53. The van der Waals surface area contributed by atoms with E-state index in [2.05, 4.69) is 10.3 Å². The third-order valence-electron chi connectivity index (χ3n) is 4.20. The van der Waals surface area contributed by atoms with E-state index >= 15 is 0 Å². The fourth-order valence-electron chi connectivity index (χ4n) is 2.86. The van der Waals surface area contributed by atoms with Gasteiger partial charge in [-0.25, -0.2) is 0 Å². The highest BCUT2D eigenvalue weighted by Gasteiger charge is 2.11. The Bertz CT molecular complexity index is 998. The molecule has 0 bridgehead atoms.